The lowest BCUT2D eigenvalue weighted by Crippen LogP contribution is -2.21. The zero-order chi connectivity index (χ0) is 11.6. The zero-order valence-corrected chi connectivity index (χ0v) is 10.1. The van der Waals surface area contributed by atoms with Gasteiger partial charge in [-0.05, 0) is 43.9 Å². The highest BCUT2D eigenvalue weighted by Crippen LogP contribution is 2.41. The maximum Gasteiger partial charge on any atom is 0.119 e. The molecule has 0 radical (unpaired) electrons. The van der Waals surface area contributed by atoms with Gasteiger partial charge in [-0.15, -0.1) is 0 Å². The third-order valence-corrected chi connectivity index (χ3v) is 3.15. The molecule has 1 N–H and O–H groups in total. The van der Waals surface area contributed by atoms with E-state index in [1.807, 2.05) is 38.1 Å². The summed E-state index contributed by atoms with van der Waals surface area (Å²) in [4.78, 5) is 0. The summed E-state index contributed by atoms with van der Waals surface area (Å²) >= 11 is 0. The second kappa shape index (κ2) is 4.46. The molecule has 2 rings (SSSR count). The van der Waals surface area contributed by atoms with Crippen LogP contribution in [-0.4, -0.2) is 11.7 Å². The van der Waals surface area contributed by atoms with E-state index in [9.17, 15) is 5.11 Å². The van der Waals surface area contributed by atoms with E-state index in [0.717, 1.165) is 17.7 Å². The molecule has 0 aromatic heterocycles. The SMILES string of the molecule is CCOc1cccc(C(C)(O)CC2CC2)c1. The molecule has 2 heteroatoms. The Hall–Kier alpha value is -1.02. The van der Waals surface area contributed by atoms with E-state index in [2.05, 4.69) is 0 Å². The number of hydrogen-bond acceptors (Lipinski definition) is 2. The first-order chi connectivity index (χ1) is 7.62. The molecule has 0 bridgehead atoms. The minimum absolute atomic E-state index is 0.661. The highest BCUT2D eigenvalue weighted by atomic mass is 16.5. The van der Waals surface area contributed by atoms with Gasteiger partial charge in [-0.1, -0.05) is 25.0 Å². The lowest BCUT2D eigenvalue weighted by atomic mass is 9.90. The van der Waals surface area contributed by atoms with Crippen LogP contribution in [0.2, 0.25) is 0 Å². The normalized spacial score (nSPS) is 19.2. The number of benzene rings is 1. The molecule has 1 unspecified atom stereocenters. The van der Waals surface area contributed by atoms with Gasteiger partial charge >= 0.3 is 0 Å². The second-order valence-corrected chi connectivity index (χ2v) is 4.88. The highest BCUT2D eigenvalue weighted by Gasteiger charge is 2.33. The van der Waals surface area contributed by atoms with Gasteiger partial charge in [0.15, 0.2) is 0 Å². The lowest BCUT2D eigenvalue weighted by Gasteiger charge is -2.24. The largest absolute Gasteiger partial charge is 0.494 e. The van der Waals surface area contributed by atoms with Crippen molar-refractivity contribution in [3.63, 3.8) is 0 Å². The smallest absolute Gasteiger partial charge is 0.119 e. The number of aliphatic hydroxyl groups is 1. The summed E-state index contributed by atoms with van der Waals surface area (Å²) in [6.07, 6.45) is 3.39. The monoisotopic (exact) mass is 220 g/mol. The Kier molecular flexibility index (Phi) is 3.20. The van der Waals surface area contributed by atoms with Crippen LogP contribution in [0, 0.1) is 5.92 Å². The molecule has 2 nitrogen and oxygen atoms in total. The summed E-state index contributed by atoms with van der Waals surface area (Å²) < 4.78 is 5.45. The third kappa shape index (κ3) is 2.76. The minimum atomic E-state index is -0.714. The molecular formula is C14H20O2. The van der Waals surface area contributed by atoms with Crippen molar-refractivity contribution >= 4 is 0 Å². The quantitative estimate of drug-likeness (QED) is 0.826. The Labute approximate surface area is 97.3 Å². The highest BCUT2D eigenvalue weighted by molar-refractivity contribution is 5.32. The molecule has 1 aromatic carbocycles. The number of ether oxygens (including phenoxy) is 1. The van der Waals surface area contributed by atoms with E-state index in [-0.39, 0.29) is 0 Å². The van der Waals surface area contributed by atoms with Gasteiger partial charge in [0, 0.05) is 0 Å². The summed E-state index contributed by atoms with van der Waals surface area (Å²) in [6, 6.07) is 7.80. The van der Waals surface area contributed by atoms with Gasteiger partial charge in [-0.25, -0.2) is 0 Å². The fourth-order valence-corrected chi connectivity index (χ4v) is 2.09. The average molecular weight is 220 g/mol. The van der Waals surface area contributed by atoms with E-state index in [0.29, 0.717) is 12.5 Å². The van der Waals surface area contributed by atoms with Crippen molar-refractivity contribution in [3.05, 3.63) is 29.8 Å². The summed E-state index contributed by atoms with van der Waals surface area (Å²) in [5.41, 5.74) is 0.249. The Bertz CT molecular complexity index is 354. The maximum absolute atomic E-state index is 10.4. The maximum atomic E-state index is 10.4. The van der Waals surface area contributed by atoms with E-state index in [4.69, 9.17) is 4.74 Å². The molecule has 0 aliphatic heterocycles. The van der Waals surface area contributed by atoms with Crippen LogP contribution in [0.1, 0.15) is 38.7 Å². The molecule has 0 amide bonds. The van der Waals surface area contributed by atoms with Gasteiger partial charge in [0.1, 0.15) is 5.75 Å². The third-order valence-electron chi connectivity index (χ3n) is 3.15. The molecule has 1 atom stereocenters. The standard InChI is InChI=1S/C14H20O2/c1-3-16-13-6-4-5-12(9-13)14(2,15)10-11-7-8-11/h4-6,9,11,15H,3,7-8,10H2,1-2H3. The van der Waals surface area contributed by atoms with Crippen LogP contribution in [-0.2, 0) is 5.60 Å². The summed E-state index contributed by atoms with van der Waals surface area (Å²) in [5.74, 6) is 1.56. The van der Waals surface area contributed by atoms with Crippen LogP contribution in [0.15, 0.2) is 24.3 Å². The van der Waals surface area contributed by atoms with Crippen LogP contribution < -0.4 is 4.74 Å². The zero-order valence-electron chi connectivity index (χ0n) is 10.1. The summed E-state index contributed by atoms with van der Waals surface area (Å²) in [7, 11) is 0. The molecule has 88 valence electrons. The molecule has 0 spiro atoms. The Balaban J connectivity index is 2.13. The second-order valence-electron chi connectivity index (χ2n) is 4.88. The molecule has 1 aliphatic carbocycles. The van der Waals surface area contributed by atoms with Crippen molar-refractivity contribution in [2.75, 3.05) is 6.61 Å². The van der Waals surface area contributed by atoms with Gasteiger partial charge in [0.2, 0.25) is 0 Å². The predicted molar refractivity (Wildman–Crippen MR) is 64.5 cm³/mol. The molecule has 0 saturated heterocycles. The van der Waals surface area contributed by atoms with Crippen LogP contribution in [0.4, 0.5) is 0 Å². The van der Waals surface area contributed by atoms with Crippen LogP contribution in [0.25, 0.3) is 0 Å². The topological polar surface area (TPSA) is 29.5 Å². The van der Waals surface area contributed by atoms with Crippen molar-refractivity contribution < 1.29 is 9.84 Å². The Morgan fingerprint density at radius 1 is 1.44 bits per heavy atom. The molecule has 1 fully saturated rings. The first-order valence-electron chi connectivity index (χ1n) is 6.07. The van der Waals surface area contributed by atoms with Crippen LogP contribution in [0.5, 0.6) is 5.75 Å². The lowest BCUT2D eigenvalue weighted by molar-refractivity contribution is 0.0415. The average Bonchev–Trinajstić information content (AvgIpc) is 3.02. The molecule has 1 aromatic rings. The number of hydrogen-bond donors (Lipinski definition) is 1. The van der Waals surface area contributed by atoms with E-state index >= 15 is 0 Å². The Morgan fingerprint density at radius 2 is 2.19 bits per heavy atom. The molecular weight excluding hydrogens is 200 g/mol. The van der Waals surface area contributed by atoms with Gasteiger partial charge in [0.25, 0.3) is 0 Å². The van der Waals surface area contributed by atoms with Gasteiger partial charge in [-0.3, -0.25) is 0 Å². The van der Waals surface area contributed by atoms with Crippen molar-refractivity contribution in [2.45, 2.75) is 38.7 Å². The number of rotatable bonds is 5. The van der Waals surface area contributed by atoms with Gasteiger partial charge < -0.3 is 9.84 Å². The van der Waals surface area contributed by atoms with E-state index in [1.165, 1.54) is 12.8 Å². The summed E-state index contributed by atoms with van der Waals surface area (Å²) in [5, 5.41) is 10.4. The van der Waals surface area contributed by atoms with E-state index in [1.54, 1.807) is 0 Å². The fourth-order valence-electron chi connectivity index (χ4n) is 2.09. The van der Waals surface area contributed by atoms with Gasteiger partial charge in [-0.2, -0.15) is 0 Å². The van der Waals surface area contributed by atoms with Crippen LogP contribution >= 0.6 is 0 Å². The first kappa shape index (κ1) is 11.5. The summed E-state index contributed by atoms with van der Waals surface area (Å²) in [6.45, 7) is 4.53. The van der Waals surface area contributed by atoms with Crippen LogP contribution in [0.3, 0.4) is 0 Å². The molecule has 0 heterocycles. The first-order valence-corrected chi connectivity index (χ1v) is 6.07. The Morgan fingerprint density at radius 3 is 2.81 bits per heavy atom. The molecule has 1 saturated carbocycles. The predicted octanol–water partition coefficient (Wildman–Crippen LogP) is 3.09. The van der Waals surface area contributed by atoms with Crippen molar-refractivity contribution in [1.29, 1.82) is 0 Å². The minimum Gasteiger partial charge on any atom is -0.494 e. The van der Waals surface area contributed by atoms with Crippen molar-refractivity contribution in [1.82, 2.24) is 0 Å². The fraction of sp³-hybridized carbons (Fsp3) is 0.571. The molecule has 16 heavy (non-hydrogen) atoms. The van der Waals surface area contributed by atoms with Crippen molar-refractivity contribution in [3.8, 4) is 5.75 Å². The van der Waals surface area contributed by atoms with E-state index < -0.39 is 5.60 Å². The van der Waals surface area contributed by atoms with Crippen molar-refractivity contribution in [2.24, 2.45) is 5.92 Å². The molecule has 1 aliphatic rings. The van der Waals surface area contributed by atoms with Gasteiger partial charge in [0.05, 0.1) is 12.2 Å².